The minimum atomic E-state index is 0.475. The Morgan fingerprint density at radius 3 is 3.00 bits per heavy atom. The van der Waals surface area contributed by atoms with Gasteiger partial charge in [-0.1, -0.05) is 29.4 Å². The van der Waals surface area contributed by atoms with Crippen LogP contribution in [0.5, 0.6) is 0 Å². The van der Waals surface area contributed by atoms with Gasteiger partial charge in [0.25, 0.3) is 0 Å². The Bertz CT molecular complexity index is 784. The lowest BCUT2D eigenvalue weighted by molar-refractivity contribution is 0.370. The fourth-order valence-electron chi connectivity index (χ4n) is 1.95. The topological polar surface area (TPSA) is 63.8 Å². The number of nitrogens with zero attached hydrogens (tertiary/aromatic N) is 3. The standard InChI is InChI=1S/C15H13BrN4O/c1-2-7-17-9-13-19-15(20-21-13)14-11(16)8-10-5-3-4-6-12(10)18-14/h2-6,8,17H,1,7,9H2. The van der Waals surface area contributed by atoms with Crippen LogP contribution in [-0.4, -0.2) is 21.7 Å². The van der Waals surface area contributed by atoms with Crippen molar-refractivity contribution in [3.63, 3.8) is 0 Å². The molecule has 0 aliphatic carbocycles. The predicted molar refractivity (Wildman–Crippen MR) is 84.6 cm³/mol. The monoisotopic (exact) mass is 344 g/mol. The number of halogens is 1. The minimum Gasteiger partial charge on any atom is -0.337 e. The normalized spacial score (nSPS) is 10.9. The van der Waals surface area contributed by atoms with Crippen LogP contribution in [0.2, 0.25) is 0 Å². The maximum Gasteiger partial charge on any atom is 0.240 e. The summed E-state index contributed by atoms with van der Waals surface area (Å²) in [7, 11) is 0. The summed E-state index contributed by atoms with van der Waals surface area (Å²) in [4.78, 5) is 8.94. The maximum absolute atomic E-state index is 5.21. The number of hydrogen-bond acceptors (Lipinski definition) is 5. The van der Waals surface area contributed by atoms with Crippen LogP contribution in [0, 0.1) is 0 Å². The summed E-state index contributed by atoms with van der Waals surface area (Å²) >= 11 is 3.51. The van der Waals surface area contributed by atoms with Gasteiger partial charge < -0.3 is 9.84 Å². The molecule has 0 amide bonds. The molecule has 0 atom stereocenters. The molecule has 1 aromatic carbocycles. The van der Waals surface area contributed by atoms with E-state index >= 15 is 0 Å². The first kappa shape index (κ1) is 13.9. The van der Waals surface area contributed by atoms with Gasteiger partial charge in [-0.25, -0.2) is 4.98 Å². The van der Waals surface area contributed by atoms with Crippen molar-refractivity contribution in [2.75, 3.05) is 6.54 Å². The van der Waals surface area contributed by atoms with Gasteiger partial charge in [-0.15, -0.1) is 6.58 Å². The lowest BCUT2D eigenvalue weighted by Crippen LogP contribution is -2.12. The molecule has 0 saturated heterocycles. The summed E-state index contributed by atoms with van der Waals surface area (Å²) in [6.45, 7) is 4.83. The molecule has 106 valence electrons. The van der Waals surface area contributed by atoms with Gasteiger partial charge in [0.15, 0.2) is 0 Å². The average Bonchev–Trinajstić information content (AvgIpc) is 2.95. The second-order valence-electron chi connectivity index (χ2n) is 4.44. The van der Waals surface area contributed by atoms with E-state index in [-0.39, 0.29) is 0 Å². The molecule has 0 saturated carbocycles. The fourth-order valence-corrected chi connectivity index (χ4v) is 2.46. The molecule has 0 aliphatic rings. The van der Waals surface area contributed by atoms with Crippen molar-refractivity contribution < 1.29 is 4.52 Å². The van der Waals surface area contributed by atoms with Crippen molar-refractivity contribution in [2.45, 2.75) is 6.54 Å². The minimum absolute atomic E-state index is 0.475. The Morgan fingerprint density at radius 1 is 1.29 bits per heavy atom. The van der Waals surface area contributed by atoms with Crippen molar-refractivity contribution in [3.8, 4) is 11.5 Å². The number of hydrogen-bond donors (Lipinski definition) is 1. The summed E-state index contributed by atoms with van der Waals surface area (Å²) in [6.07, 6.45) is 1.78. The molecular formula is C15H13BrN4O. The highest BCUT2D eigenvalue weighted by Crippen LogP contribution is 2.27. The largest absolute Gasteiger partial charge is 0.337 e. The summed E-state index contributed by atoms with van der Waals surface area (Å²) in [5.74, 6) is 0.997. The van der Waals surface area contributed by atoms with Crippen molar-refractivity contribution in [1.29, 1.82) is 0 Å². The Kier molecular flexibility index (Phi) is 4.08. The van der Waals surface area contributed by atoms with Crippen LogP contribution in [-0.2, 0) is 6.54 Å². The van der Waals surface area contributed by atoms with Crippen LogP contribution >= 0.6 is 15.9 Å². The van der Waals surface area contributed by atoms with Gasteiger partial charge in [0.2, 0.25) is 11.7 Å². The summed E-state index contributed by atoms with van der Waals surface area (Å²) < 4.78 is 6.05. The van der Waals surface area contributed by atoms with Gasteiger partial charge in [-0.2, -0.15) is 4.98 Å². The van der Waals surface area contributed by atoms with Crippen molar-refractivity contribution in [3.05, 3.63) is 53.4 Å². The van der Waals surface area contributed by atoms with Crippen LogP contribution in [0.25, 0.3) is 22.4 Å². The highest BCUT2D eigenvalue weighted by molar-refractivity contribution is 9.10. The van der Waals surface area contributed by atoms with Crippen LogP contribution in [0.1, 0.15) is 5.89 Å². The number of pyridine rings is 1. The van der Waals surface area contributed by atoms with Crippen LogP contribution in [0.15, 0.2) is 52.0 Å². The van der Waals surface area contributed by atoms with Gasteiger partial charge >= 0.3 is 0 Å². The third kappa shape index (κ3) is 3.01. The Hall–Kier alpha value is -2.05. The number of nitrogens with one attached hydrogen (secondary N) is 1. The Morgan fingerprint density at radius 2 is 2.14 bits per heavy atom. The second kappa shape index (κ2) is 6.15. The van der Waals surface area contributed by atoms with E-state index in [1.54, 1.807) is 6.08 Å². The molecule has 3 aromatic rings. The number of rotatable bonds is 5. The first-order valence-corrected chi connectivity index (χ1v) is 7.27. The van der Waals surface area contributed by atoms with Crippen molar-refractivity contribution >= 4 is 26.8 Å². The molecular weight excluding hydrogens is 332 g/mol. The first-order valence-electron chi connectivity index (χ1n) is 6.48. The number of fused-ring (bicyclic) bond motifs is 1. The zero-order valence-corrected chi connectivity index (χ0v) is 12.8. The molecule has 21 heavy (non-hydrogen) atoms. The van der Waals surface area contributed by atoms with Gasteiger partial charge in [0, 0.05) is 16.4 Å². The van der Waals surface area contributed by atoms with Crippen molar-refractivity contribution in [1.82, 2.24) is 20.4 Å². The number of benzene rings is 1. The molecule has 2 heterocycles. The quantitative estimate of drug-likeness (QED) is 0.568. The molecule has 0 unspecified atom stereocenters. The zero-order valence-electron chi connectivity index (χ0n) is 11.2. The Balaban J connectivity index is 1.92. The van der Waals surface area contributed by atoms with Gasteiger partial charge in [-0.3, -0.25) is 0 Å². The smallest absolute Gasteiger partial charge is 0.240 e. The first-order chi connectivity index (χ1) is 10.3. The average molecular weight is 345 g/mol. The molecule has 0 fully saturated rings. The van der Waals surface area contributed by atoms with E-state index in [0.29, 0.717) is 30.5 Å². The van der Waals surface area contributed by atoms with E-state index < -0.39 is 0 Å². The Labute approximate surface area is 130 Å². The molecule has 6 heteroatoms. The lowest BCUT2D eigenvalue weighted by Gasteiger charge is -2.02. The third-order valence-corrected chi connectivity index (χ3v) is 3.53. The predicted octanol–water partition coefficient (Wildman–Crippen LogP) is 3.32. The molecule has 0 spiro atoms. The molecule has 1 N–H and O–H groups in total. The van der Waals surface area contributed by atoms with E-state index in [4.69, 9.17) is 4.52 Å². The molecule has 2 aromatic heterocycles. The van der Waals surface area contributed by atoms with E-state index in [9.17, 15) is 0 Å². The summed E-state index contributed by atoms with van der Waals surface area (Å²) in [5.41, 5.74) is 1.57. The van der Waals surface area contributed by atoms with Gasteiger partial charge in [-0.05, 0) is 28.1 Å². The molecule has 0 aliphatic heterocycles. The van der Waals surface area contributed by atoms with Gasteiger partial charge in [0.05, 0.1) is 12.1 Å². The van der Waals surface area contributed by atoms with Crippen molar-refractivity contribution in [2.24, 2.45) is 0 Å². The zero-order chi connectivity index (χ0) is 14.7. The maximum atomic E-state index is 5.21. The molecule has 0 bridgehead atoms. The van der Waals surface area contributed by atoms with E-state index in [2.05, 4.69) is 43.0 Å². The number of aromatic nitrogens is 3. The molecule has 5 nitrogen and oxygen atoms in total. The highest BCUT2D eigenvalue weighted by atomic mass is 79.9. The third-order valence-electron chi connectivity index (χ3n) is 2.92. The molecule has 3 rings (SSSR count). The van der Waals surface area contributed by atoms with Gasteiger partial charge in [0.1, 0.15) is 5.69 Å². The SMILES string of the molecule is C=CCNCc1nc(-c2nc3ccccc3cc2Br)no1. The fraction of sp³-hybridized carbons (Fsp3) is 0.133. The summed E-state index contributed by atoms with van der Waals surface area (Å²) in [6, 6.07) is 9.90. The second-order valence-corrected chi connectivity index (χ2v) is 5.30. The van der Waals surface area contributed by atoms with E-state index in [0.717, 1.165) is 15.4 Å². The summed E-state index contributed by atoms with van der Waals surface area (Å²) in [5, 5.41) is 8.16. The number of para-hydroxylation sites is 1. The van der Waals surface area contributed by atoms with E-state index in [1.165, 1.54) is 0 Å². The van der Waals surface area contributed by atoms with E-state index in [1.807, 2.05) is 30.3 Å². The van der Waals surface area contributed by atoms with Crippen LogP contribution in [0.3, 0.4) is 0 Å². The lowest BCUT2D eigenvalue weighted by atomic mass is 10.2. The highest BCUT2D eigenvalue weighted by Gasteiger charge is 2.14. The van der Waals surface area contributed by atoms with Crippen LogP contribution in [0.4, 0.5) is 0 Å². The molecule has 0 radical (unpaired) electrons. The van der Waals surface area contributed by atoms with Crippen LogP contribution < -0.4 is 5.32 Å².